The van der Waals surface area contributed by atoms with Gasteiger partial charge in [0.25, 0.3) is 0 Å². The van der Waals surface area contributed by atoms with Crippen LogP contribution in [0.5, 0.6) is 5.75 Å². The third-order valence-electron chi connectivity index (χ3n) is 4.53. The van der Waals surface area contributed by atoms with Crippen LogP contribution in [0.3, 0.4) is 0 Å². The fourth-order valence-electron chi connectivity index (χ4n) is 2.94. The van der Waals surface area contributed by atoms with Gasteiger partial charge in [-0.05, 0) is 38.0 Å². The molecule has 9 heteroatoms. The molecule has 1 aromatic heterocycles. The first-order valence-corrected chi connectivity index (χ1v) is 10.9. The minimum absolute atomic E-state index is 0.0574. The van der Waals surface area contributed by atoms with E-state index in [2.05, 4.69) is 9.82 Å². The summed E-state index contributed by atoms with van der Waals surface area (Å²) in [6.07, 6.45) is 4.29. The number of nitrogens with one attached hydrogen (secondary N) is 1. The van der Waals surface area contributed by atoms with Crippen LogP contribution in [0.4, 0.5) is 0 Å². The number of ether oxygens (including phenoxy) is 2. The summed E-state index contributed by atoms with van der Waals surface area (Å²) >= 11 is 6.37. The molecule has 7 nitrogen and oxygen atoms in total. The number of aryl methyl sites for hydroxylation is 1. The van der Waals surface area contributed by atoms with Gasteiger partial charge in [-0.1, -0.05) is 11.6 Å². The largest absolute Gasteiger partial charge is 0.493 e. The lowest BCUT2D eigenvalue weighted by Gasteiger charge is -2.31. The maximum Gasteiger partial charge on any atom is 0.211 e. The lowest BCUT2D eigenvalue weighted by atomic mass is 9.98. The molecule has 0 amide bonds. The molecule has 0 radical (unpaired) electrons. The van der Waals surface area contributed by atoms with E-state index in [0.717, 1.165) is 11.3 Å². The number of halogens is 1. The molecule has 0 unspecified atom stereocenters. The van der Waals surface area contributed by atoms with Crippen molar-refractivity contribution >= 4 is 21.6 Å². The van der Waals surface area contributed by atoms with Gasteiger partial charge in [-0.3, -0.25) is 0 Å². The van der Waals surface area contributed by atoms with Gasteiger partial charge in [-0.15, -0.1) is 0 Å². The second kappa shape index (κ2) is 8.60. The molecule has 0 saturated carbocycles. The molecule has 2 heterocycles. The van der Waals surface area contributed by atoms with E-state index in [0.29, 0.717) is 37.0 Å². The molecule has 1 fully saturated rings. The zero-order valence-corrected chi connectivity index (χ0v) is 17.0. The third-order valence-corrected chi connectivity index (χ3v) is 6.25. The summed E-state index contributed by atoms with van der Waals surface area (Å²) < 4.78 is 39.6. The van der Waals surface area contributed by atoms with Gasteiger partial charge in [-0.2, -0.15) is 5.10 Å². The Hall–Kier alpha value is -1.61. The summed E-state index contributed by atoms with van der Waals surface area (Å²) in [5.41, 5.74) is 1.82. The molecule has 1 saturated heterocycles. The van der Waals surface area contributed by atoms with Crippen LogP contribution < -0.4 is 9.46 Å². The summed E-state index contributed by atoms with van der Waals surface area (Å²) in [4.78, 5) is 0. The number of aromatic nitrogens is 2. The molecule has 0 bridgehead atoms. The molecule has 0 spiro atoms. The Labute approximate surface area is 164 Å². The average molecular weight is 414 g/mol. The van der Waals surface area contributed by atoms with Crippen LogP contribution in [0.2, 0.25) is 5.02 Å². The molecule has 1 aliphatic rings. The quantitative estimate of drug-likeness (QED) is 0.754. The summed E-state index contributed by atoms with van der Waals surface area (Å²) in [5, 5.41) is 4.78. The topological polar surface area (TPSA) is 82.5 Å². The van der Waals surface area contributed by atoms with Crippen LogP contribution in [0.15, 0.2) is 30.6 Å². The number of rotatable bonds is 7. The van der Waals surface area contributed by atoms with E-state index in [1.807, 2.05) is 25.3 Å². The van der Waals surface area contributed by atoms with Crippen LogP contribution in [0.25, 0.3) is 5.69 Å². The van der Waals surface area contributed by atoms with E-state index in [1.165, 1.54) is 0 Å². The first kappa shape index (κ1) is 20.1. The number of hydrogen-bond acceptors (Lipinski definition) is 5. The highest BCUT2D eigenvalue weighted by Gasteiger charge is 2.29. The van der Waals surface area contributed by atoms with Crippen molar-refractivity contribution in [3.8, 4) is 11.4 Å². The fourth-order valence-corrected chi connectivity index (χ4v) is 4.14. The van der Waals surface area contributed by atoms with Gasteiger partial charge in [0.1, 0.15) is 5.75 Å². The van der Waals surface area contributed by atoms with Crippen molar-refractivity contribution in [3.05, 3.63) is 41.2 Å². The molecule has 1 N–H and O–H groups in total. The monoisotopic (exact) mass is 413 g/mol. The van der Waals surface area contributed by atoms with Crippen molar-refractivity contribution in [2.45, 2.75) is 26.3 Å². The highest BCUT2D eigenvalue weighted by atomic mass is 35.5. The Morgan fingerprint density at radius 2 is 2.26 bits per heavy atom. The lowest BCUT2D eigenvalue weighted by Crippen LogP contribution is -2.47. The van der Waals surface area contributed by atoms with Crippen LogP contribution >= 0.6 is 11.6 Å². The van der Waals surface area contributed by atoms with Crippen LogP contribution in [-0.4, -0.2) is 49.8 Å². The van der Waals surface area contributed by atoms with E-state index in [9.17, 15) is 8.42 Å². The number of hydrogen-bond donors (Lipinski definition) is 1. The summed E-state index contributed by atoms with van der Waals surface area (Å²) in [7, 11) is -3.27. The lowest BCUT2D eigenvalue weighted by molar-refractivity contribution is 0.0186. The SMILES string of the molecule is CCS(=O)(=O)N[C@H]1CCOC[C@@H]1COc1ccc(-n2cc(C)cn2)c(Cl)c1. The predicted molar refractivity (Wildman–Crippen MR) is 104 cm³/mol. The van der Waals surface area contributed by atoms with Gasteiger partial charge in [0.15, 0.2) is 0 Å². The van der Waals surface area contributed by atoms with E-state index < -0.39 is 10.0 Å². The summed E-state index contributed by atoms with van der Waals surface area (Å²) in [5.74, 6) is 0.615. The Morgan fingerprint density at radius 3 is 2.93 bits per heavy atom. The molecule has 1 aromatic carbocycles. The van der Waals surface area contributed by atoms with Gasteiger partial charge in [0.05, 0.1) is 35.9 Å². The molecule has 2 atom stereocenters. The first-order chi connectivity index (χ1) is 12.9. The molecule has 1 aliphatic heterocycles. The normalized spacial score (nSPS) is 20.6. The maximum atomic E-state index is 11.9. The Kier molecular flexibility index (Phi) is 6.41. The highest BCUT2D eigenvalue weighted by molar-refractivity contribution is 7.89. The van der Waals surface area contributed by atoms with Crippen molar-refractivity contribution in [3.63, 3.8) is 0 Å². The Balaban J connectivity index is 1.65. The van der Waals surface area contributed by atoms with Crippen molar-refractivity contribution < 1.29 is 17.9 Å². The smallest absolute Gasteiger partial charge is 0.211 e. The molecule has 0 aliphatic carbocycles. The van der Waals surface area contributed by atoms with Gasteiger partial charge in [0.2, 0.25) is 10.0 Å². The molecule has 2 aromatic rings. The van der Waals surface area contributed by atoms with Crippen molar-refractivity contribution in [2.75, 3.05) is 25.6 Å². The van der Waals surface area contributed by atoms with E-state index in [4.69, 9.17) is 21.1 Å². The van der Waals surface area contributed by atoms with Gasteiger partial charge < -0.3 is 9.47 Å². The van der Waals surface area contributed by atoms with Gasteiger partial charge in [0, 0.05) is 30.8 Å². The zero-order valence-electron chi connectivity index (χ0n) is 15.4. The predicted octanol–water partition coefficient (Wildman–Crippen LogP) is 2.56. The zero-order chi connectivity index (χ0) is 19.4. The number of benzene rings is 1. The molecule has 148 valence electrons. The summed E-state index contributed by atoms with van der Waals surface area (Å²) in [6.45, 7) is 4.92. The van der Waals surface area contributed by atoms with Crippen LogP contribution in [0, 0.1) is 12.8 Å². The molecular weight excluding hydrogens is 390 g/mol. The second-order valence-electron chi connectivity index (χ2n) is 6.64. The van der Waals surface area contributed by atoms with Crippen LogP contribution in [0.1, 0.15) is 18.9 Å². The third kappa shape index (κ3) is 5.22. The van der Waals surface area contributed by atoms with E-state index in [-0.39, 0.29) is 17.7 Å². The summed E-state index contributed by atoms with van der Waals surface area (Å²) in [6, 6.07) is 5.22. The van der Waals surface area contributed by atoms with Crippen molar-refractivity contribution in [2.24, 2.45) is 5.92 Å². The molecular formula is C18H24ClN3O4S. The minimum Gasteiger partial charge on any atom is -0.493 e. The Bertz CT molecular complexity index is 884. The molecule has 27 heavy (non-hydrogen) atoms. The first-order valence-electron chi connectivity index (χ1n) is 8.89. The fraction of sp³-hybridized carbons (Fsp3) is 0.500. The van der Waals surface area contributed by atoms with Crippen LogP contribution in [-0.2, 0) is 14.8 Å². The number of nitrogens with zero attached hydrogens (tertiary/aromatic N) is 2. The van der Waals surface area contributed by atoms with Gasteiger partial charge >= 0.3 is 0 Å². The van der Waals surface area contributed by atoms with Crippen molar-refractivity contribution in [1.29, 1.82) is 0 Å². The highest BCUT2D eigenvalue weighted by Crippen LogP contribution is 2.26. The van der Waals surface area contributed by atoms with Gasteiger partial charge in [-0.25, -0.2) is 17.8 Å². The maximum absolute atomic E-state index is 11.9. The van der Waals surface area contributed by atoms with E-state index >= 15 is 0 Å². The average Bonchev–Trinajstić information content (AvgIpc) is 3.07. The van der Waals surface area contributed by atoms with E-state index in [1.54, 1.807) is 23.9 Å². The van der Waals surface area contributed by atoms with Crippen molar-refractivity contribution in [1.82, 2.24) is 14.5 Å². The minimum atomic E-state index is -3.27. The number of sulfonamides is 1. The second-order valence-corrected chi connectivity index (χ2v) is 9.09. The molecule has 3 rings (SSSR count). The Morgan fingerprint density at radius 1 is 1.44 bits per heavy atom. The standard InChI is InChI=1S/C18H24ClN3O4S/c1-3-27(23,24)21-17-6-7-25-11-14(17)12-26-15-4-5-18(16(19)8-15)22-10-13(2)9-20-22/h4-5,8-10,14,17,21H,3,6-7,11-12H2,1-2H3/t14-,17+/m1/s1.